The Balaban J connectivity index is 1.34. The van der Waals surface area contributed by atoms with Gasteiger partial charge in [0, 0.05) is 23.1 Å². The highest BCUT2D eigenvalue weighted by atomic mass is 15.2. The molecule has 0 amide bonds. The molecule has 1 saturated carbocycles. The minimum atomic E-state index is 0.589. The van der Waals surface area contributed by atoms with Gasteiger partial charge in [-0.25, -0.2) is 4.98 Å². The van der Waals surface area contributed by atoms with Gasteiger partial charge in [-0.2, -0.15) is 10.1 Å². The van der Waals surface area contributed by atoms with Gasteiger partial charge in [0.1, 0.15) is 11.6 Å². The van der Waals surface area contributed by atoms with Crippen molar-refractivity contribution in [2.24, 2.45) is 0 Å². The number of H-pyrrole nitrogens is 1. The molecule has 4 aromatic rings. The number of aromatic nitrogens is 4. The molecule has 2 heterocycles. The van der Waals surface area contributed by atoms with Crippen LogP contribution in [0, 0.1) is 0 Å². The van der Waals surface area contributed by atoms with Crippen molar-refractivity contribution in [3.8, 4) is 0 Å². The Bertz CT molecular complexity index is 1210. The second-order valence-electron chi connectivity index (χ2n) is 7.98. The zero-order valence-corrected chi connectivity index (χ0v) is 16.1. The molecule has 144 valence electrons. The van der Waals surface area contributed by atoms with Crippen molar-refractivity contribution < 1.29 is 0 Å². The quantitative estimate of drug-likeness (QED) is 0.442. The largest absolute Gasteiger partial charge is 0.325 e. The van der Waals surface area contributed by atoms with Crippen LogP contribution in [0.5, 0.6) is 0 Å². The van der Waals surface area contributed by atoms with Gasteiger partial charge in [-0.1, -0.05) is 18.2 Å². The van der Waals surface area contributed by atoms with Crippen LogP contribution in [0.15, 0.2) is 48.5 Å². The van der Waals surface area contributed by atoms with Gasteiger partial charge >= 0.3 is 0 Å². The molecule has 0 radical (unpaired) electrons. The van der Waals surface area contributed by atoms with Crippen LogP contribution in [0.3, 0.4) is 0 Å². The molecule has 2 aromatic heterocycles. The molecule has 0 spiro atoms. The van der Waals surface area contributed by atoms with E-state index in [1.54, 1.807) is 0 Å². The molecule has 6 nitrogen and oxygen atoms in total. The molecule has 0 aliphatic heterocycles. The minimum Gasteiger partial charge on any atom is -0.325 e. The van der Waals surface area contributed by atoms with E-state index in [1.165, 1.54) is 36.8 Å². The normalized spacial score (nSPS) is 15.4. The standard InChI is InChI=1S/C23H22N6/c1-2-7-19-18(6-1)22(26-21-13-20(28-29-21)15-8-9-15)27-23(25-19)24-17-11-10-14-4-3-5-16(14)12-17/h1-2,6-7,10-13,15H,3-5,8-9H2,(H3,24,25,26,27,28,29). The first-order valence-electron chi connectivity index (χ1n) is 10.3. The lowest BCUT2D eigenvalue weighted by Gasteiger charge is -2.11. The Morgan fingerprint density at radius 1 is 0.897 bits per heavy atom. The predicted molar refractivity (Wildman–Crippen MR) is 115 cm³/mol. The SMILES string of the molecule is c1ccc2c(Nc3cc(C4CC4)n[nH]3)nc(Nc3ccc4c(c3)CCC4)nc2c1. The van der Waals surface area contributed by atoms with E-state index in [-0.39, 0.29) is 0 Å². The van der Waals surface area contributed by atoms with Crippen LogP contribution in [0.2, 0.25) is 0 Å². The Morgan fingerprint density at radius 2 is 1.79 bits per heavy atom. The van der Waals surface area contributed by atoms with E-state index >= 15 is 0 Å². The number of aryl methyl sites for hydroxylation is 2. The molecule has 2 aliphatic carbocycles. The fourth-order valence-corrected chi connectivity index (χ4v) is 4.12. The molecule has 2 aromatic carbocycles. The lowest BCUT2D eigenvalue weighted by atomic mass is 10.1. The van der Waals surface area contributed by atoms with Crippen molar-refractivity contribution in [2.75, 3.05) is 10.6 Å². The van der Waals surface area contributed by atoms with Crippen LogP contribution in [-0.2, 0) is 12.8 Å². The lowest BCUT2D eigenvalue weighted by molar-refractivity contribution is 0.912. The summed E-state index contributed by atoms with van der Waals surface area (Å²) in [7, 11) is 0. The summed E-state index contributed by atoms with van der Waals surface area (Å²) >= 11 is 0. The second-order valence-corrected chi connectivity index (χ2v) is 7.98. The fraction of sp³-hybridized carbons (Fsp3) is 0.261. The van der Waals surface area contributed by atoms with E-state index in [1.807, 2.05) is 24.3 Å². The van der Waals surface area contributed by atoms with Crippen molar-refractivity contribution in [2.45, 2.75) is 38.0 Å². The number of rotatable bonds is 5. The molecule has 6 heteroatoms. The van der Waals surface area contributed by atoms with Gasteiger partial charge in [-0.3, -0.25) is 5.10 Å². The molecule has 0 unspecified atom stereocenters. The summed E-state index contributed by atoms with van der Waals surface area (Å²) in [5, 5.41) is 15.3. The molecular formula is C23H22N6. The van der Waals surface area contributed by atoms with Gasteiger partial charge in [0.25, 0.3) is 0 Å². The first-order valence-corrected chi connectivity index (χ1v) is 10.3. The monoisotopic (exact) mass is 382 g/mol. The van der Waals surface area contributed by atoms with E-state index in [0.717, 1.165) is 40.3 Å². The average Bonchev–Trinajstić information content (AvgIpc) is 3.30. The van der Waals surface area contributed by atoms with Crippen molar-refractivity contribution in [3.05, 3.63) is 65.4 Å². The lowest BCUT2D eigenvalue weighted by Crippen LogP contribution is -2.03. The maximum atomic E-state index is 4.77. The van der Waals surface area contributed by atoms with Crippen LogP contribution < -0.4 is 10.6 Å². The number of anilines is 4. The molecule has 2 aliphatic rings. The van der Waals surface area contributed by atoms with Crippen LogP contribution in [-0.4, -0.2) is 20.2 Å². The highest BCUT2D eigenvalue weighted by Gasteiger charge is 2.26. The third kappa shape index (κ3) is 3.20. The first kappa shape index (κ1) is 16.5. The Hall–Kier alpha value is -3.41. The van der Waals surface area contributed by atoms with E-state index in [4.69, 9.17) is 9.97 Å². The summed E-state index contributed by atoms with van der Waals surface area (Å²) < 4.78 is 0. The molecule has 6 rings (SSSR count). The number of nitrogens with zero attached hydrogens (tertiary/aromatic N) is 3. The number of hydrogen-bond donors (Lipinski definition) is 3. The summed E-state index contributed by atoms with van der Waals surface area (Å²) in [6, 6.07) is 16.7. The fourth-order valence-electron chi connectivity index (χ4n) is 4.12. The summed E-state index contributed by atoms with van der Waals surface area (Å²) in [5.41, 5.74) is 5.95. The second kappa shape index (κ2) is 6.58. The third-order valence-electron chi connectivity index (χ3n) is 5.80. The molecule has 0 saturated heterocycles. The van der Waals surface area contributed by atoms with Gasteiger partial charge < -0.3 is 10.6 Å². The van der Waals surface area contributed by atoms with Crippen molar-refractivity contribution >= 4 is 34.2 Å². The number of para-hydroxylation sites is 1. The van der Waals surface area contributed by atoms with E-state index < -0.39 is 0 Å². The maximum Gasteiger partial charge on any atom is 0.229 e. The van der Waals surface area contributed by atoms with E-state index in [0.29, 0.717) is 11.9 Å². The van der Waals surface area contributed by atoms with Gasteiger partial charge in [0.05, 0.1) is 11.2 Å². The van der Waals surface area contributed by atoms with Crippen molar-refractivity contribution in [1.82, 2.24) is 20.2 Å². The molecule has 0 bridgehead atoms. The Kier molecular flexibility index (Phi) is 3.75. The molecule has 3 N–H and O–H groups in total. The van der Waals surface area contributed by atoms with Gasteiger partial charge in [0.2, 0.25) is 5.95 Å². The Labute approximate surface area is 168 Å². The van der Waals surface area contributed by atoms with E-state index in [2.05, 4.69) is 45.1 Å². The highest BCUT2D eigenvalue weighted by molar-refractivity contribution is 5.91. The summed E-state index contributed by atoms with van der Waals surface area (Å²) in [4.78, 5) is 9.50. The van der Waals surface area contributed by atoms with Gasteiger partial charge in [0.15, 0.2) is 0 Å². The molecule has 29 heavy (non-hydrogen) atoms. The van der Waals surface area contributed by atoms with Crippen LogP contribution >= 0.6 is 0 Å². The molecular weight excluding hydrogens is 360 g/mol. The zero-order chi connectivity index (χ0) is 19.2. The molecule has 0 atom stereocenters. The number of nitrogens with one attached hydrogen (secondary N) is 3. The maximum absolute atomic E-state index is 4.77. The zero-order valence-electron chi connectivity index (χ0n) is 16.1. The van der Waals surface area contributed by atoms with Gasteiger partial charge in [-0.15, -0.1) is 0 Å². The summed E-state index contributed by atoms with van der Waals surface area (Å²) in [6.45, 7) is 0. The summed E-state index contributed by atoms with van der Waals surface area (Å²) in [5.74, 6) is 2.83. The summed E-state index contributed by atoms with van der Waals surface area (Å²) in [6.07, 6.45) is 6.04. The van der Waals surface area contributed by atoms with Crippen LogP contribution in [0.25, 0.3) is 10.9 Å². The topological polar surface area (TPSA) is 78.5 Å². The highest BCUT2D eigenvalue weighted by Crippen LogP contribution is 2.40. The van der Waals surface area contributed by atoms with Crippen LogP contribution in [0.4, 0.5) is 23.3 Å². The smallest absolute Gasteiger partial charge is 0.229 e. The predicted octanol–water partition coefficient (Wildman–Crippen LogP) is 5.21. The first-order chi connectivity index (χ1) is 14.3. The van der Waals surface area contributed by atoms with Crippen LogP contribution in [0.1, 0.15) is 42.0 Å². The average molecular weight is 382 g/mol. The minimum absolute atomic E-state index is 0.589. The molecule has 1 fully saturated rings. The van der Waals surface area contributed by atoms with Crippen molar-refractivity contribution in [1.29, 1.82) is 0 Å². The van der Waals surface area contributed by atoms with Crippen molar-refractivity contribution in [3.63, 3.8) is 0 Å². The number of benzene rings is 2. The van der Waals surface area contributed by atoms with E-state index in [9.17, 15) is 0 Å². The number of hydrogen-bond acceptors (Lipinski definition) is 5. The number of aromatic amines is 1. The number of fused-ring (bicyclic) bond motifs is 2. The third-order valence-corrected chi connectivity index (χ3v) is 5.80. The van der Waals surface area contributed by atoms with Gasteiger partial charge in [-0.05, 0) is 67.5 Å². The Morgan fingerprint density at radius 3 is 2.72 bits per heavy atom.